The summed E-state index contributed by atoms with van der Waals surface area (Å²) in [6.07, 6.45) is 0. The maximum Gasteiger partial charge on any atom is 0.123 e. The van der Waals surface area contributed by atoms with Crippen molar-refractivity contribution in [1.29, 1.82) is 0 Å². The first-order valence-corrected chi connectivity index (χ1v) is 11.3. The van der Waals surface area contributed by atoms with Crippen LogP contribution >= 0.6 is 0 Å². The molecule has 0 saturated heterocycles. The van der Waals surface area contributed by atoms with Gasteiger partial charge in [-0.3, -0.25) is 0 Å². The molecule has 0 aromatic carbocycles. The maximum absolute atomic E-state index is 2.80. The van der Waals surface area contributed by atoms with Crippen molar-refractivity contribution >= 4 is 8.24 Å². The molecule has 0 saturated carbocycles. The molecule has 0 amide bonds. The zero-order valence-electron chi connectivity index (χ0n) is 15.4. The zero-order valence-corrected chi connectivity index (χ0v) is 16.4. The lowest BCUT2D eigenvalue weighted by Crippen LogP contribution is -2.56. The van der Waals surface area contributed by atoms with E-state index in [4.69, 9.17) is 0 Å². The zero-order chi connectivity index (χ0) is 15.8. The number of nitrogens with zero attached hydrogens (tertiary/aromatic N) is 1. The molecular formula is C18H35NSi. The Morgan fingerprint density at radius 2 is 1.20 bits per heavy atom. The fourth-order valence-corrected chi connectivity index (χ4v) is 8.96. The van der Waals surface area contributed by atoms with Crippen molar-refractivity contribution in [3.63, 3.8) is 0 Å². The second-order valence-corrected chi connectivity index (χ2v) is 12.3. The normalized spacial score (nSPS) is 18.4. The van der Waals surface area contributed by atoms with E-state index in [1.807, 2.05) is 0 Å². The van der Waals surface area contributed by atoms with Gasteiger partial charge in [-0.1, -0.05) is 51.9 Å². The van der Waals surface area contributed by atoms with Gasteiger partial charge < -0.3 is 4.57 Å². The first-order valence-electron chi connectivity index (χ1n) is 8.14. The summed E-state index contributed by atoms with van der Waals surface area (Å²) in [5, 5.41) is 0. The van der Waals surface area contributed by atoms with Crippen LogP contribution in [-0.4, -0.2) is 24.9 Å². The van der Waals surface area contributed by atoms with Crippen molar-refractivity contribution in [2.24, 2.45) is 5.92 Å². The van der Waals surface area contributed by atoms with Gasteiger partial charge in [-0.25, -0.2) is 0 Å². The molecule has 116 valence electrons. The smallest absolute Gasteiger partial charge is 0.123 e. The van der Waals surface area contributed by atoms with Gasteiger partial charge in [0.15, 0.2) is 0 Å². The molecule has 2 heteroatoms. The van der Waals surface area contributed by atoms with Crippen molar-refractivity contribution < 1.29 is 0 Å². The third-order valence-corrected chi connectivity index (χ3v) is 9.14. The van der Waals surface area contributed by atoms with Gasteiger partial charge in [0.05, 0.1) is 0 Å². The Bertz CT molecular complexity index is 395. The fraction of sp³-hybridized carbons (Fsp3) is 0.778. The minimum atomic E-state index is -1.40. The van der Waals surface area contributed by atoms with Gasteiger partial charge in [-0.05, 0) is 57.0 Å². The quantitative estimate of drug-likeness (QED) is 0.595. The van der Waals surface area contributed by atoms with Crippen LogP contribution in [0.25, 0.3) is 0 Å². The molecule has 0 heterocycles. The summed E-state index contributed by atoms with van der Waals surface area (Å²) in [6.45, 7) is 23.8. The minimum Gasteiger partial charge on any atom is -0.319 e. The molecule has 0 aromatic rings. The molecule has 0 aliphatic heterocycles. The van der Waals surface area contributed by atoms with Crippen LogP contribution in [0.15, 0.2) is 22.3 Å². The second-order valence-electron chi connectivity index (χ2n) is 7.78. The van der Waals surface area contributed by atoms with Gasteiger partial charge in [0.2, 0.25) is 0 Å². The molecular weight excluding hydrogens is 258 g/mol. The van der Waals surface area contributed by atoms with Crippen molar-refractivity contribution in [1.82, 2.24) is 4.57 Å². The van der Waals surface area contributed by atoms with Crippen molar-refractivity contribution in [2.45, 2.75) is 86.6 Å². The summed E-state index contributed by atoms with van der Waals surface area (Å²) in [6, 6.07) is 2.65. The van der Waals surface area contributed by atoms with Crippen molar-refractivity contribution in [3.8, 4) is 0 Å². The van der Waals surface area contributed by atoms with E-state index in [1.54, 1.807) is 11.1 Å². The van der Waals surface area contributed by atoms with Gasteiger partial charge in [-0.15, -0.1) is 0 Å². The van der Waals surface area contributed by atoms with Crippen molar-refractivity contribution in [3.05, 3.63) is 22.3 Å². The maximum atomic E-state index is 2.80. The van der Waals surface area contributed by atoms with E-state index in [9.17, 15) is 0 Å². The summed E-state index contributed by atoms with van der Waals surface area (Å²) >= 11 is 0. The van der Waals surface area contributed by atoms with Crippen LogP contribution in [0.3, 0.4) is 0 Å². The van der Waals surface area contributed by atoms with Crippen LogP contribution in [0.5, 0.6) is 0 Å². The highest BCUT2D eigenvalue weighted by Crippen LogP contribution is 2.42. The van der Waals surface area contributed by atoms with Crippen LogP contribution in [0.1, 0.15) is 55.4 Å². The molecule has 0 atom stereocenters. The van der Waals surface area contributed by atoms with Crippen LogP contribution in [0.2, 0.25) is 19.1 Å². The number of hydrogen-bond donors (Lipinski definition) is 0. The molecule has 20 heavy (non-hydrogen) atoms. The molecule has 0 radical (unpaired) electrons. The van der Waals surface area contributed by atoms with E-state index in [0.29, 0.717) is 18.0 Å². The Hall–Kier alpha value is -0.343. The average molecular weight is 294 g/mol. The summed E-state index contributed by atoms with van der Waals surface area (Å²) in [5.41, 5.74) is 6.32. The van der Waals surface area contributed by atoms with Gasteiger partial charge in [0, 0.05) is 5.92 Å². The van der Waals surface area contributed by atoms with Crippen LogP contribution < -0.4 is 0 Å². The molecule has 0 bridgehead atoms. The Balaban J connectivity index is 3.03. The SMILES string of the molecule is CC1=C(C)C(C[Si](C)(C)N(C(C)C)C(C)C)C(C)=C1C. The van der Waals surface area contributed by atoms with Crippen LogP contribution in [0.4, 0.5) is 0 Å². The molecule has 1 rings (SSSR count). The van der Waals surface area contributed by atoms with Gasteiger partial charge in [0.1, 0.15) is 8.24 Å². The van der Waals surface area contributed by atoms with Gasteiger partial charge >= 0.3 is 0 Å². The van der Waals surface area contributed by atoms with Crippen molar-refractivity contribution in [2.75, 3.05) is 0 Å². The third-order valence-electron chi connectivity index (χ3n) is 5.31. The topological polar surface area (TPSA) is 3.24 Å². The van der Waals surface area contributed by atoms with E-state index in [2.05, 4.69) is 73.0 Å². The summed E-state index contributed by atoms with van der Waals surface area (Å²) in [4.78, 5) is 0. The average Bonchev–Trinajstić information content (AvgIpc) is 2.45. The Morgan fingerprint density at radius 1 is 0.850 bits per heavy atom. The summed E-state index contributed by atoms with van der Waals surface area (Å²) in [7, 11) is -1.40. The molecule has 1 aliphatic rings. The van der Waals surface area contributed by atoms with E-state index in [1.165, 1.54) is 17.2 Å². The van der Waals surface area contributed by atoms with Crippen LogP contribution in [-0.2, 0) is 0 Å². The first kappa shape index (κ1) is 17.7. The van der Waals surface area contributed by atoms with Crippen LogP contribution in [0, 0.1) is 5.92 Å². The first-order chi connectivity index (χ1) is 9.00. The minimum absolute atomic E-state index is 0.647. The highest BCUT2D eigenvalue weighted by Gasteiger charge is 2.38. The summed E-state index contributed by atoms with van der Waals surface area (Å²) in [5.74, 6) is 0.691. The molecule has 1 nitrogen and oxygen atoms in total. The number of allylic oxidation sites excluding steroid dienone is 4. The third kappa shape index (κ3) is 3.28. The predicted molar refractivity (Wildman–Crippen MR) is 94.6 cm³/mol. The van der Waals surface area contributed by atoms with E-state index in [-0.39, 0.29) is 0 Å². The van der Waals surface area contributed by atoms with E-state index in [0.717, 1.165) is 0 Å². The lowest BCUT2D eigenvalue weighted by molar-refractivity contribution is 0.292. The second kappa shape index (κ2) is 6.19. The molecule has 0 aromatic heterocycles. The Morgan fingerprint density at radius 3 is 1.50 bits per heavy atom. The van der Waals surface area contributed by atoms with Gasteiger partial charge in [0.25, 0.3) is 0 Å². The Labute approximate surface area is 128 Å². The molecule has 0 N–H and O–H groups in total. The molecule has 0 fully saturated rings. The highest BCUT2D eigenvalue weighted by atomic mass is 28.3. The summed E-state index contributed by atoms with van der Waals surface area (Å²) < 4.78 is 2.80. The molecule has 0 spiro atoms. The number of hydrogen-bond acceptors (Lipinski definition) is 1. The van der Waals surface area contributed by atoms with E-state index < -0.39 is 8.24 Å². The monoisotopic (exact) mass is 293 g/mol. The largest absolute Gasteiger partial charge is 0.319 e. The lowest BCUT2D eigenvalue weighted by atomic mass is 9.99. The lowest BCUT2D eigenvalue weighted by Gasteiger charge is -2.44. The fourth-order valence-electron chi connectivity index (χ4n) is 4.34. The predicted octanol–water partition coefficient (Wildman–Crippen LogP) is 5.61. The van der Waals surface area contributed by atoms with Gasteiger partial charge in [-0.2, -0.15) is 0 Å². The Kier molecular flexibility index (Phi) is 5.48. The standard InChI is InChI=1S/C18H35NSi/c1-12(2)19(13(3)4)20(9,10)11-18-16(7)14(5)15(6)17(18)8/h12-13,18H,11H2,1-10H3. The molecule has 0 unspecified atom stereocenters. The number of rotatable bonds is 5. The highest BCUT2D eigenvalue weighted by molar-refractivity contribution is 6.75. The van der Waals surface area contributed by atoms with E-state index >= 15 is 0 Å². The molecule has 1 aliphatic carbocycles.